The van der Waals surface area contributed by atoms with Gasteiger partial charge >= 0.3 is 0 Å². The maximum Gasteiger partial charge on any atom is 0.291 e. The predicted octanol–water partition coefficient (Wildman–Crippen LogP) is 1.83. The molecular formula is C15H19N5O4S2. The number of amides is 2. The monoisotopic (exact) mass is 397 g/mol. The molecule has 0 saturated carbocycles. The zero-order valence-electron chi connectivity index (χ0n) is 14.4. The van der Waals surface area contributed by atoms with Gasteiger partial charge in [-0.05, 0) is 25.5 Å². The van der Waals surface area contributed by atoms with Crippen LogP contribution in [-0.2, 0) is 14.8 Å². The van der Waals surface area contributed by atoms with Crippen molar-refractivity contribution in [2.45, 2.75) is 37.6 Å². The number of carbonyl (C=O) groups excluding carboxylic acids is 2. The molecule has 1 aromatic carbocycles. The van der Waals surface area contributed by atoms with Crippen LogP contribution in [0.2, 0.25) is 0 Å². The highest BCUT2D eigenvalue weighted by atomic mass is 32.2. The first-order valence-corrected chi connectivity index (χ1v) is 10.1. The topological polar surface area (TPSA) is 130 Å². The molecule has 0 aliphatic rings. The Kier molecular flexibility index (Phi) is 6.27. The third-order valence-corrected chi connectivity index (χ3v) is 5.90. The van der Waals surface area contributed by atoms with Gasteiger partial charge in [-0.25, -0.2) is 0 Å². The van der Waals surface area contributed by atoms with Crippen LogP contribution in [0.3, 0.4) is 0 Å². The lowest BCUT2D eigenvalue weighted by molar-refractivity contribution is -0.114. The Morgan fingerprint density at radius 3 is 2.58 bits per heavy atom. The molecule has 1 unspecified atom stereocenters. The van der Waals surface area contributed by atoms with Gasteiger partial charge in [-0.2, -0.15) is 8.42 Å². The summed E-state index contributed by atoms with van der Waals surface area (Å²) >= 11 is 0.711. The highest BCUT2D eigenvalue weighted by molar-refractivity contribution is 7.94. The molecule has 0 fully saturated rings. The van der Waals surface area contributed by atoms with Crippen molar-refractivity contribution in [2.75, 3.05) is 10.0 Å². The molecule has 2 rings (SSSR count). The van der Waals surface area contributed by atoms with E-state index in [1.807, 2.05) is 13.8 Å². The van der Waals surface area contributed by atoms with Gasteiger partial charge in [0.1, 0.15) is 0 Å². The van der Waals surface area contributed by atoms with Crippen LogP contribution in [-0.4, -0.2) is 36.5 Å². The molecule has 0 radical (unpaired) electrons. The van der Waals surface area contributed by atoms with E-state index in [1.54, 1.807) is 12.1 Å². The molecule has 11 heteroatoms. The Balaban J connectivity index is 2.26. The molecule has 0 saturated heterocycles. The smallest absolute Gasteiger partial charge is 0.291 e. The second-order valence-corrected chi connectivity index (χ2v) is 8.32. The van der Waals surface area contributed by atoms with Gasteiger partial charge in [0.2, 0.25) is 11.0 Å². The summed E-state index contributed by atoms with van der Waals surface area (Å²) in [5.74, 6) is -0.765. The quantitative estimate of drug-likeness (QED) is 0.611. The standard InChI is InChI=1S/C15H19N5O4S2/c1-4-9(2)16-13(22)11-7-5-6-8-12(11)20-26(23,24)15-19-18-14(25-15)17-10(3)21/h5-9,20H,4H2,1-3H3,(H,16,22)(H,17,18,21). The molecule has 2 amide bonds. The van der Waals surface area contributed by atoms with E-state index in [9.17, 15) is 18.0 Å². The molecule has 1 aromatic heterocycles. The molecule has 1 heterocycles. The van der Waals surface area contributed by atoms with Crippen molar-refractivity contribution in [3.63, 3.8) is 0 Å². The van der Waals surface area contributed by atoms with Gasteiger partial charge in [-0.15, -0.1) is 10.2 Å². The van der Waals surface area contributed by atoms with Crippen LogP contribution >= 0.6 is 11.3 Å². The van der Waals surface area contributed by atoms with Crippen molar-refractivity contribution in [3.05, 3.63) is 29.8 Å². The van der Waals surface area contributed by atoms with Crippen LogP contribution in [0.4, 0.5) is 10.8 Å². The maximum absolute atomic E-state index is 12.5. The highest BCUT2D eigenvalue weighted by Gasteiger charge is 2.23. The average Bonchev–Trinajstić information content (AvgIpc) is 3.03. The number of nitrogens with zero attached hydrogens (tertiary/aromatic N) is 2. The van der Waals surface area contributed by atoms with Crippen molar-refractivity contribution in [1.29, 1.82) is 0 Å². The lowest BCUT2D eigenvalue weighted by Crippen LogP contribution is -2.32. The van der Waals surface area contributed by atoms with Crippen LogP contribution in [0.1, 0.15) is 37.6 Å². The number of hydrogen-bond donors (Lipinski definition) is 3. The number of rotatable bonds is 7. The number of aromatic nitrogens is 2. The second-order valence-electron chi connectivity index (χ2n) is 5.49. The minimum atomic E-state index is -4.05. The Morgan fingerprint density at radius 1 is 1.23 bits per heavy atom. The minimum Gasteiger partial charge on any atom is -0.350 e. The third kappa shape index (κ3) is 4.99. The summed E-state index contributed by atoms with van der Waals surface area (Å²) in [6.07, 6.45) is 0.746. The lowest BCUT2D eigenvalue weighted by Gasteiger charge is -2.14. The van der Waals surface area contributed by atoms with Crippen molar-refractivity contribution < 1.29 is 18.0 Å². The molecule has 1 atom stereocenters. The fraction of sp³-hybridized carbons (Fsp3) is 0.333. The summed E-state index contributed by atoms with van der Waals surface area (Å²) in [5.41, 5.74) is 0.326. The van der Waals surface area contributed by atoms with E-state index >= 15 is 0 Å². The van der Waals surface area contributed by atoms with Crippen LogP contribution in [0.25, 0.3) is 0 Å². The number of hydrogen-bond acceptors (Lipinski definition) is 7. The second kappa shape index (κ2) is 8.23. The first-order chi connectivity index (χ1) is 12.2. The summed E-state index contributed by atoms with van der Waals surface area (Å²) in [6.45, 7) is 5.07. The van der Waals surface area contributed by atoms with Gasteiger partial charge in [-0.1, -0.05) is 30.4 Å². The number of anilines is 2. The molecule has 3 N–H and O–H groups in total. The molecule has 0 aliphatic carbocycles. The number of carbonyl (C=O) groups is 2. The largest absolute Gasteiger partial charge is 0.350 e. The van der Waals surface area contributed by atoms with Gasteiger partial charge in [0.05, 0.1) is 11.3 Å². The van der Waals surface area contributed by atoms with E-state index in [2.05, 4.69) is 25.6 Å². The molecule has 0 bridgehead atoms. The molecule has 0 aliphatic heterocycles. The van der Waals surface area contributed by atoms with E-state index in [0.717, 1.165) is 6.42 Å². The number of benzene rings is 1. The molecule has 9 nitrogen and oxygen atoms in total. The molecule has 26 heavy (non-hydrogen) atoms. The fourth-order valence-electron chi connectivity index (χ4n) is 1.88. The number of para-hydroxylation sites is 1. The summed E-state index contributed by atoms with van der Waals surface area (Å²) in [4.78, 5) is 23.4. The van der Waals surface area contributed by atoms with Crippen molar-refractivity contribution >= 4 is 44.0 Å². The molecular weight excluding hydrogens is 378 g/mol. The Bertz CT molecular complexity index is 910. The molecule has 140 valence electrons. The van der Waals surface area contributed by atoms with Crippen LogP contribution < -0.4 is 15.4 Å². The van der Waals surface area contributed by atoms with Gasteiger partial charge in [0.25, 0.3) is 20.3 Å². The van der Waals surface area contributed by atoms with Crippen molar-refractivity contribution in [2.24, 2.45) is 0 Å². The summed E-state index contributed by atoms with van der Waals surface area (Å²) in [7, 11) is -4.05. The van der Waals surface area contributed by atoms with Gasteiger partial charge in [0.15, 0.2) is 0 Å². The van der Waals surface area contributed by atoms with Crippen LogP contribution in [0.15, 0.2) is 28.6 Å². The van der Waals surface area contributed by atoms with E-state index in [4.69, 9.17) is 0 Å². The maximum atomic E-state index is 12.5. The van der Waals surface area contributed by atoms with E-state index < -0.39 is 10.0 Å². The van der Waals surface area contributed by atoms with Gasteiger partial charge < -0.3 is 10.6 Å². The number of sulfonamides is 1. The normalized spacial score (nSPS) is 12.3. The summed E-state index contributed by atoms with van der Waals surface area (Å²) in [6, 6.07) is 6.22. The predicted molar refractivity (Wildman–Crippen MR) is 98.7 cm³/mol. The summed E-state index contributed by atoms with van der Waals surface area (Å²) < 4.78 is 27.0. The zero-order valence-corrected chi connectivity index (χ0v) is 16.1. The minimum absolute atomic E-state index is 0.0458. The van der Waals surface area contributed by atoms with E-state index in [0.29, 0.717) is 11.3 Å². The fourth-order valence-corrected chi connectivity index (χ4v) is 3.91. The zero-order chi connectivity index (χ0) is 19.3. The van der Waals surface area contributed by atoms with Gasteiger partial charge in [0, 0.05) is 13.0 Å². The van der Waals surface area contributed by atoms with E-state index in [1.165, 1.54) is 19.1 Å². The van der Waals surface area contributed by atoms with Gasteiger partial charge in [-0.3, -0.25) is 14.3 Å². The Morgan fingerprint density at radius 2 is 1.92 bits per heavy atom. The molecule has 2 aromatic rings. The SMILES string of the molecule is CCC(C)NC(=O)c1ccccc1NS(=O)(=O)c1nnc(NC(C)=O)s1. The van der Waals surface area contributed by atoms with E-state index in [-0.39, 0.29) is 38.6 Å². The lowest BCUT2D eigenvalue weighted by atomic mass is 10.1. The van der Waals surface area contributed by atoms with Crippen molar-refractivity contribution in [1.82, 2.24) is 15.5 Å². The highest BCUT2D eigenvalue weighted by Crippen LogP contribution is 2.24. The van der Waals surface area contributed by atoms with Crippen LogP contribution in [0, 0.1) is 0 Å². The first kappa shape index (κ1) is 19.8. The first-order valence-electron chi connectivity index (χ1n) is 7.76. The van der Waals surface area contributed by atoms with Crippen LogP contribution in [0.5, 0.6) is 0 Å². The number of nitrogens with one attached hydrogen (secondary N) is 3. The molecule has 0 spiro atoms. The summed E-state index contributed by atoms with van der Waals surface area (Å²) in [5, 5.41) is 12.4. The van der Waals surface area contributed by atoms with Crippen molar-refractivity contribution in [3.8, 4) is 0 Å². The Hall–Kier alpha value is -2.53. The average molecular weight is 397 g/mol. The Labute approximate surface area is 155 Å². The third-order valence-electron chi connectivity index (χ3n) is 3.33.